The third-order valence-electron chi connectivity index (χ3n) is 21.7. The van der Waals surface area contributed by atoms with Crippen LogP contribution in [0.25, 0.3) is 0 Å². The molecule has 0 amide bonds. The van der Waals surface area contributed by atoms with Crippen LogP contribution >= 0.6 is 173 Å². The summed E-state index contributed by atoms with van der Waals surface area (Å²) in [4.78, 5) is 60.6. The Labute approximate surface area is 860 Å². The number of aromatic amines is 3. The highest BCUT2D eigenvalue weighted by atomic mass is 127. The number of pyridine rings is 4. The van der Waals surface area contributed by atoms with E-state index in [0.29, 0.717) is 42.3 Å². The highest BCUT2D eigenvalue weighted by molar-refractivity contribution is 14.1. The number of hydrogen-bond acceptors (Lipinski definition) is 32. The van der Waals surface area contributed by atoms with Gasteiger partial charge in [0.2, 0.25) is 0 Å². The Balaban J connectivity index is 0.000000195. The molecular formula is C88H125ClI4N14O15S7Si2. The highest BCUT2D eigenvalue weighted by Gasteiger charge is 2.57. The van der Waals surface area contributed by atoms with E-state index in [4.69, 9.17) is 50.0 Å². The summed E-state index contributed by atoms with van der Waals surface area (Å²) in [6.45, 7) is 38.7. The van der Waals surface area contributed by atoms with E-state index in [0.717, 1.165) is 106 Å². The number of nitrogens with one attached hydrogen (secondary N) is 7. The lowest BCUT2D eigenvalue weighted by molar-refractivity contribution is -0.159. The molecule has 29 nitrogen and oxygen atoms in total. The van der Waals surface area contributed by atoms with Crippen molar-refractivity contribution in [3.05, 3.63) is 126 Å². The van der Waals surface area contributed by atoms with Gasteiger partial charge in [0, 0.05) is 68.1 Å². The number of H-pyrrole nitrogens is 3. The standard InChI is InChI=1S/C21H32N2O4SSi.C21H32N2O3SSi.C16H23IN2O3S.C13H19IN2O3S.C6H6ClIN2S.C6H7IN2OS.C5H6N2OS/c1-13-10-17(28(4)25)23-20(15(13)8-9-29(5,6)7)22-16-11-14(12-24)18-19(16)27-21(2,3)26-18;1-13-10-17(27-4)23-20(15(13)8-9-28(5,6)7)22-16-11-14(12-24)18-19(16)26-21(2,3)25-18;1-8-5-11(23-4)19-15(12(8)17)18-10-6-9(7-20)13-14(10)22-16(2,3)21-13;1-6-3-9(20-2)16-13(10(6)14)15-8-4-7(5-17)11(18)12(8)19;1-3-4(8)5(7)10-6(9-3)11-2;1-3-4(7)5(10)9-6(8-3)11-2;1-3-2-4(8)7-5(9)6-3/h10,14,16,18-19,24H,11-12H2,1-7H3,(H,22,23);10,14,16,18-19,24H,11-12H2,1-7H3,(H,22,23);5,9-10,13-14,20H,6-7H2,1-4H3,(H,18,19);3,7-8,11-12,17-19H,4-5H2,1-2H3,(H,15,16);1-2H3;1-2H3,(H,8,9,10);2H,1H3,(H2,6,7,8,9)/t14?,16?,18-,19+,28?;14?,16?,18-,19+;9?,10?,13-,14+;7?,8?,11-,12+;;;/m1111.../s1. The minimum absolute atomic E-state index is 0.000350. The Morgan fingerprint density at radius 1 is 0.481 bits per heavy atom. The van der Waals surface area contributed by atoms with Gasteiger partial charge < -0.3 is 90.3 Å². The van der Waals surface area contributed by atoms with Crippen LogP contribution in [-0.2, 0) is 39.2 Å². The second kappa shape index (κ2) is 49.9. The van der Waals surface area contributed by atoms with E-state index in [1.807, 2.05) is 135 Å². The summed E-state index contributed by atoms with van der Waals surface area (Å²) in [5.74, 6) is 7.76. The lowest BCUT2D eigenvalue weighted by atomic mass is 10.1. The van der Waals surface area contributed by atoms with Crippen molar-refractivity contribution in [1.29, 1.82) is 0 Å². The summed E-state index contributed by atoms with van der Waals surface area (Å²) >= 11 is 26.9. The first-order valence-electron chi connectivity index (χ1n) is 42.4. The molecule has 0 aromatic carbocycles. The van der Waals surface area contributed by atoms with E-state index in [1.54, 1.807) is 48.5 Å². The Bertz CT molecular complexity index is 5420. The molecule has 10 heterocycles. The average Bonchev–Trinajstić information content (AvgIpc) is 1.62. The average molecular weight is 2440 g/mol. The molecule has 4 saturated carbocycles. The van der Waals surface area contributed by atoms with Gasteiger partial charge in [-0.15, -0.1) is 46.4 Å². The Morgan fingerprint density at radius 3 is 1.21 bits per heavy atom. The summed E-state index contributed by atoms with van der Waals surface area (Å²) in [6.07, 6.45) is 11.9. The van der Waals surface area contributed by atoms with E-state index in [2.05, 4.69) is 229 Å². The lowest BCUT2D eigenvalue weighted by Gasteiger charge is -2.24. The molecule has 722 valence electrons. The number of nitrogens with zero attached hydrogens (tertiary/aromatic N) is 7. The molecule has 0 bridgehead atoms. The van der Waals surface area contributed by atoms with Gasteiger partial charge in [-0.3, -0.25) is 18.8 Å². The second-order valence-electron chi connectivity index (χ2n) is 36.0. The maximum atomic E-state index is 12.1. The minimum Gasteiger partial charge on any atom is -0.396 e. The van der Waals surface area contributed by atoms with Crippen LogP contribution in [-0.4, -0.2) is 255 Å². The fourth-order valence-electron chi connectivity index (χ4n) is 15.4. The third-order valence-corrected chi connectivity index (χ3v) is 33.3. The molecule has 3 saturated heterocycles. The van der Waals surface area contributed by atoms with Crippen molar-refractivity contribution >= 4 is 223 Å². The number of aliphatic hydroxyl groups is 6. The number of ether oxygens (including phenoxy) is 6. The molecule has 3 aliphatic heterocycles. The van der Waals surface area contributed by atoms with Crippen LogP contribution < -0.4 is 32.4 Å². The summed E-state index contributed by atoms with van der Waals surface area (Å²) in [7, 11) is -4.28. The number of aromatic nitrogens is 10. The zero-order valence-electron chi connectivity index (χ0n) is 78.5. The van der Waals surface area contributed by atoms with E-state index >= 15 is 0 Å². The molecule has 9 unspecified atom stereocenters. The van der Waals surface area contributed by atoms with Gasteiger partial charge in [0.1, 0.15) is 74.0 Å². The number of rotatable bonds is 18. The van der Waals surface area contributed by atoms with Crippen molar-refractivity contribution in [2.75, 3.05) is 85.2 Å². The fourth-order valence-corrected chi connectivity index (χ4v) is 21.1. The van der Waals surface area contributed by atoms with E-state index < -0.39 is 56.5 Å². The van der Waals surface area contributed by atoms with E-state index in [9.17, 15) is 44.4 Å². The van der Waals surface area contributed by atoms with Crippen LogP contribution in [0.3, 0.4) is 0 Å². The number of aryl methyl sites for hydroxylation is 7. The monoisotopic (exact) mass is 2440 g/mol. The Morgan fingerprint density at radius 2 is 0.855 bits per heavy atom. The molecule has 131 heavy (non-hydrogen) atoms. The summed E-state index contributed by atoms with van der Waals surface area (Å²) in [6, 6.07) is 9.28. The lowest BCUT2D eigenvalue weighted by Crippen LogP contribution is -2.35. The van der Waals surface area contributed by atoms with Gasteiger partial charge in [-0.2, -0.15) is 0 Å². The van der Waals surface area contributed by atoms with Crippen LogP contribution in [0.1, 0.15) is 118 Å². The molecule has 7 aromatic heterocycles. The van der Waals surface area contributed by atoms with Crippen molar-refractivity contribution in [2.24, 2.45) is 23.7 Å². The normalized spacial score (nSPS) is 25.1. The number of halogens is 5. The molecule has 0 spiro atoms. The molecule has 43 heteroatoms. The predicted molar refractivity (Wildman–Crippen MR) is 571 cm³/mol. The quantitative estimate of drug-likeness (QED) is 0.00722. The van der Waals surface area contributed by atoms with Crippen LogP contribution in [0.5, 0.6) is 0 Å². The summed E-state index contributed by atoms with van der Waals surface area (Å²) < 4.78 is 52.7. The minimum atomic E-state index is -1.58. The molecule has 17 atom stereocenters. The van der Waals surface area contributed by atoms with Gasteiger partial charge in [0.05, 0.1) is 111 Å². The van der Waals surface area contributed by atoms with E-state index in [-0.39, 0.29) is 122 Å². The van der Waals surface area contributed by atoms with Gasteiger partial charge in [0.25, 0.3) is 11.1 Å². The Hall–Kier alpha value is -2.96. The molecule has 7 aliphatic rings. The smallest absolute Gasteiger partial charge is 0.265 e. The fraction of sp³-hybridized carbons (Fsp3) is 0.591. The molecule has 13 N–H and O–H groups in total. The van der Waals surface area contributed by atoms with Crippen LogP contribution in [0.4, 0.5) is 23.3 Å². The van der Waals surface area contributed by atoms with Gasteiger partial charge in [-0.05, 0) is 296 Å². The first-order valence-corrected chi connectivity index (χ1v) is 62.2. The molecule has 7 fully saturated rings. The zero-order valence-corrected chi connectivity index (χ0v) is 95.6. The van der Waals surface area contributed by atoms with Crippen LogP contribution in [0.2, 0.25) is 44.4 Å². The molecule has 0 radical (unpaired) electrons. The van der Waals surface area contributed by atoms with Crippen molar-refractivity contribution < 1.29 is 63.3 Å². The van der Waals surface area contributed by atoms with Crippen LogP contribution in [0.15, 0.2) is 70.3 Å². The van der Waals surface area contributed by atoms with Gasteiger partial charge in [-0.25, -0.2) is 34.9 Å². The molecule has 7 aromatic rings. The number of fused-ring (bicyclic) bond motifs is 3. The highest BCUT2D eigenvalue weighted by Crippen LogP contribution is 2.47. The van der Waals surface area contributed by atoms with E-state index in [1.165, 1.54) is 35.2 Å². The van der Waals surface area contributed by atoms with Gasteiger partial charge >= 0.3 is 0 Å². The maximum Gasteiger partial charge on any atom is 0.265 e. The Kier molecular flexibility index (Phi) is 43.2. The van der Waals surface area contributed by atoms with Gasteiger partial charge in [0.15, 0.2) is 32.4 Å². The third kappa shape index (κ3) is 32.0. The first-order chi connectivity index (χ1) is 61.2. The molecule has 4 aliphatic carbocycles. The molecule has 14 rings (SSSR count). The SMILES string of the molecule is CSc1cc(C)c(C#C[Si](C)(C)C)c(NC2CC(CO)[C@H]3OC(C)(C)O[C@@H]23)n1.CSc1cc(C)c(I)c(NC2CC(CO)[C@@H](O)[C@H]2O)n1.CSc1cc(C)c(I)c(NC2CC(CO)[C@H]3OC(C)(C)O[C@@H]23)n1.CSc1nc(C)c(I)c(=O)[nH]1.CSc1nc(C)c(I)c(Cl)n1.Cc1cc(=O)[nH]c(=S)[nH]1.Cc1cc(S(C)=O)nc(NC2CC(CO)[C@H]3OC(C)(C)O[C@@H]23)c1C#C[Si](C)(C)C. The number of aliphatic hydroxyl groups excluding tert-OH is 6. The largest absolute Gasteiger partial charge is 0.396 e. The molecular weight excluding hydrogens is 2320 g/mol. The topological polar surface area (TPSA) is 414 Å². The summed E-state index contributed by atoms with van der Waals surface area (Å²) in [5, 5.41) is 77.6. The predicted octanol–water partition coefficient (Wildman–Crippen LogP) is 15.5. The van der Waals surface area contributed by atoms with Gasteiger partial charge in [-0.1, -0.05) is 86.2 Å². The van der Waals surface area contributed by atoms with Crippen molar-refractivity contribution in [1.82, 2.24) is 49.8 Å². The number of thioether (sulfide) groups is 5. The first kappa shape index (κ1) is 113. The second-order valence-corrected chi connectivity index (χ2v) is 55.9. The number of hydrogen-bond donors (Lipinski definition) is 13. The van der Waals surface area contributed by atoms with Crippen molar-refractivity contribution in [3.8, 4) is 22.9 Å². The van der Waals surface area contributed by atoms with Crippen molar-refractivity contribution in [2.45, 2.75) is 276 Å². The summed E-state index contributed by atoms with van der Waals surface area (Å²) in [5.41, 5.74) is 15.4. The van der Waals surface area contributed by atoms with Crippen LogP contribution in [0, 0.1) is 114 Å². The maximum absolute atomic E-state index is 12.1. The zero-order chi connectivity index (χ0) is 97.6. The number of anilines is 4. The van der Waals surface area contributed by atoms with Crippen molar-refractivity contribution in [3.63, 3.8) is 0 Å².